The van der Waals surface area contributed by atoms with E-state index in [0.717, 1.165) is 38.0 Å². The fourth-order valence-electron chi connectivity index (χ4n) is 4.56. The summed E-state index contributed by atoms with van der Waals surface area (Å²) in [6.07, 6.45) is 8.17. The maximum absolute atomic E-state index is 12.3. The lowest BCUT2D eigenvalue weighted by molar-refractivity contribution is -0.143. The van der Waals surface area contributed by atoms with E-state index >= 15 is 0 Å². The van der Waals surface area contributed by atoms with E-state index < -0.39 is 5.60 Å². The van der Waals surface area contributed by atoms with Crippen LogP contribution in [0.5, 0.6) is 0 Å². The molecular weight excluding hydrogens is 362 g/mol. The van der Waals surface area contributed by atoms with Gasteiger partial charge >= 0.3 is 0 Å². The van der Waals surface area contributed by atoms with Gasteiger partial charge in [-0.1, -0.05) is 24.3 Å². The summed E-state index contributed by atoms with van der Waals surface area (Å²) in [5, 5.41) is 10.0. The number of benzene rings is 1. The van der Waals surface area contributed by atoms with Crippen LogP contribution in [0.2, 0.25) is 0 Å². The molecule has 1 saturated carbocycles. The minimum absolute atomic E-state index is 0.0504. The number of imidazole rings is 1. The molecule has 3 heterocycles. The van der Waals surface area contributed by atoms with Crippen molar-refractivity contribution in [3.05, 3.63) is 60.0 Å². The van der Waals surface area contributed by atoms with Crippen molar-refractivity contribution in [3.63, 3.8) is 0 Å². The molecule has 1 saturated heterocycles. The summed E-state index contributed by atoms with van der Waals surface area (Å²) in [5.41, 5.74) is 4.94. The molecule has 0 spiro atoms. The fourth-order valence-corrected chi connectivity index (χ4v) is 4.56. The number of hydrogen-bond donors (Lipinski definition) is 1. The van der Waals surface area contributed by atoms with Crippen molar-refractivity contribution < 1.29 is 9.90 Å². The van der Waals surface area contributed by atoms with Crippen molar-refractivity contribution in [2.45, 2.75) is 44.6 Å². The molecule has 0 unspecified atom stereocenters. The molecule has 0 atom stereocenters. The summed E-state index contributed by atoms with van der Waals surface area (Å²) in [6.45, 7) is 3.67. The summed E-state index contributed by atoms with van der Waals surface area (Å²) in [7, 11) is 0. The van der Waals surface area contributed by atoms with Gasteiger partial charge in [-0.3, -0.25) is 4.79 Å². The van der Waals surface area contributed by atoms with Gasteiger partial charge in [-0.2, -0.15) is 0 Å². The highest BCUT2D eigenvalue weighted by Crippen LogP contribution is 2.38. The molecule has 0 bridgehead atoms. The Morgan fingerprint density at radius 3 is 2.55 bits per heavy atom. The second-order valence-electron chi connectivity index (χ2n) is 8.66. The number of piperidine rings is 1. The van der Waals surface area contributed by atoms with Gasteiger partial charge in [0.1, 0.15) is 11.2 Å². The Labute approximate surface area is 171 Å². The van der Waals surface area contributed by atoms with E-state index in [1.165, 1.54) is 22.4 Å². The molecule has 2 aliphatic rings. The van der Waals surface area contributed by atoms with Crippen LogP contribution in [0.25, 0.3) is 16.8 Å². The summed E-state index contributed by atoms with van der Waals surface area (Å²) >= 11 is 0. The van der Waals surface area contributed by atoms with Crippen LogP contribution in [-0.2, 0) is 11.2 Å². The van der Waals surface area contributed by atoms with Gasteiger partial charge in [0.05, 0.1) is 0 Å². The number of carbonyl (C=O) groups is 1. The van der Waals surface area contributed by atoms with Gasteiger partial charge in [0.15, 0.2) is 0 Å². The first-order chi connectivity index (χ1) is 14.0. The number of aliphatic hydroxyl groups is 1. The predicted octanol–water partition coefficient (Wildman–Crippen LogP) is 3.62. The van der Waals surface area contributed by atoms with Crippen molar-refractivity contribution >= 4 is 11.6 Å². The van der Waals surface area contributed by atoms with Gasteiger partial charge in [-0.05, 0) is 68.2 Å². The zero-order chi connectivity index (χ0) is 20.0. The smallest absolute Gasteiger partial charge is 0.254 e. The molecule has 1 aliphatic heterocycles. The molecule has 1 N–H and O–H groups in total. The van der Waals surface area contributed by atoms with Crippen LogP contribution in [0, 0.1) is 12.8 Å². The average molecular weight is 389 g/mol. The molecule has 1 aromatic carbocycles. The highest BCUT2D eigenvalue weighted by Gasteiger charge is 2.50. The number of amides is 1. The van der Waals surface area contributed by atoms with Crippen LogP contribution in [0.3, 0.4) is 0 Å². The number of hydrogen-bond acceptors (Lipinski definition) is 3. The highest BCUT2D eigenvalue weighted by molar-refractivity contribution is 5.87. The van der Waals surface area contributed by atoms with E-state index in [4.69, 9.17) is 0 Å². The molecule has 3 aromatic rings. The summed E-state index contributed by atoms with van der Waals surface area (Å²) in [5.74, 6) is 0.549. The summed E-state index contributed by atoms with van der Waals surface area (Å²) < 4.78 is 2.12. The van der Waals surface area contributed by atoms with Gasteiger partial charge in [0.25, 0.3) is 5.91 Å². The van der Waals surface area contributed by atoms with E-state index in [1.54, 1.807) is 0 Å². The van der Waals surface area contributed by atoms with Crippen LogP contribution in [-0.4, -0.2) is 44.0 Å². The first-order valence-corrected chi connectivity index (χ1v) is 10.6. The molecule has 29 heavy (non-hydrogen) atoms. The Morgan fingerprint density at radius 1 is 1.14 bits per heavy atom. The number of aromatic nitrogens is 2. The standard InChI is InChI=1S/C24H27N3O2/c1-17-21(6-7-22-25-12-15-27(17)22)20-4-2-18(3-5-20)16-19-8-13-26(14-9-19)23(28)24(29)10-11-24/h2-7,12,15,19,29H,8-11,13-14,16H2,1H3. The summed E-state index contributed by atoms with van der Waals surface area (Å²) in [6, 6.07) is 13.1. The fraction of sp³-hybridized carbons (Fsp3) is 0.417. The molecule has 5 rings (SSSR count). The van der Waals surface area contributed by atoms with Crippen molar-refractivity contribution in [1.29, 1.82) is 0 Å². The van der Waals surface area contributed by atoms with Crippen LogP contribution in [0.15, 0.2) is 48.8 Å². The number of nitrogens with zero attached hydrogens (tertiary/aromatic N) is 3. The van der Waals surface area contributed by atoms with E-state index in [2.05, 4.69) is 52.7 Å². The second-order valence-corrected chi connectivity index (χ2v) is 8.66. The van der Waals surface area contributed by atoms with E-state index in [9.17, 15) is 9.90 Å². The lowest BCUT2D eigenvalue weighted by atomic mass is 9.89. The Balaban J connectivity index is 1.23. The number of fused-ring (bicyclic) bond motifs is 1. The number of rotatable bonds is 4. The van der Waals surface area contributed by atoms with Gasteiger partial charge < -0.3 is 14.4 Å². The zero-order valence-electron chi connectivity index (χ0n) is 16.8. The Hall–Kier alpha value is -2.66. The van der Waals surface area contributed by atoms with Crippen LogP contribution in [0.4, 0.5) is 0 Å². The highest BCUT2D eigenvalue weighted by atomic mass is 16.3. The average Bonchev–Trinajstić information content (AvgIpc) is 3.30. The number of pyridine rings is 1. The quantitative estimate of drug-likeness (QED) is 0.742. The normalized spacial score (nSPS) is 18.9. The first kappa shape index (κ1) is 18.4. The molecule has 0 radical (unpaired) electrons. The lowest BCUT2D eigenvalue weighted by Gasteiger charge is -2.33. The Kier molecular flexibility index (Phi) is 4.43. The Morgan fingerprint density at radius 2 is 1.86 bits per heavy atom. The monoisotopic (exact) mass is 389 g/mol. The van der Waals surface area contributed by atoms with E-state index in [-0.39, 0.29) is 5.91 Å². The first-order valence-electron chi connectivity index (χ1n) is 10.6. The van der Waals surface area contributed by atoms with Crippen molar-refractivity contribution in [2.24, 2.45) is 5.92 Å². The third-order valence-corrected chi connectivity index (χ3v) is 6.63. The lowest BCUT2D eigenvalue weighted by Crippen LogP contribution is -2.45. The van der Waals surface area contributed by atoms with Gasteiger partial charge in [-0.25, -0.2) is 4.98 Å². The minimum Gasteiger partial charge on any atom is -0.380 e. The maximum Gasteiger partial charge on any atom is 0.254 e. The second kappa shape index (κ2) is 6.99. The molecule has 1 amide bonds. The van der Waals surface area contributed by atoms with Crippen molar-refractivity contribution in [1.82, 2.24) is 14.3 Å². The molecule has 150 valence electrons. The van der Waals surface area contributed by atoms with Crippen molar-refractivity contribution in [3.8, 4) is 11.1 Å². The van der Waals surface area contributed by atoms with E-state index in [0.29, 0.717) is 18.8 Å². The number of likely N-dealkylation sites (tertiary alicyclic amines) is 1. The topological polar surface area (TPSA) is 57.8 Å². The number of carbonyl (C=O) groups excluding carboxylic acids is 1. The minimum atomic E-state index is -1.03. The van der Waals surface area contributed by atoms with Gasteiger partial charge in [0, 0.05) is 36.7 Å². The predicted molar refractivity (Wildman–Crippen MR) is 113 cm³/mol. The number of aryl methyl sites for hydroxylation is 1. The molecule has 1 aliphatic carbocycles. The largest absolute Gasteiger partial charge is 0.380 e. The summed E-state index contributed by atoms with van der Waals surface area (Å²) in [4.78, 5) is 18.5. The van der Waals surface area contributed by atoms with Crippen LogP contribution < -0.4 is 0 Å². The molecular formula is C24H27N3O2. The Bertz CT molecular complexity index is 1040. The van der Waals surface area contributed by atoms with E-state index in [1.807, 2.05) is 17.3 Å². The van der Waals surface area contributed by atoms with Gasteiger partial charge in [0.2, 0.25) is 0 Å². The molecule has 5 heteroatoms. The molecule has 2 fully saturated rings. The van der Waals surface area contributed by atoms with Gasteiger partial charge in [-0.15, -0.1) is 0 Å². The molecule has 5 nitrogen and oxygen atoms in total. The maximum atomic E-state index is 12.3. The SMILES string of the molecule is Cc1c(-c2ccc(CC3CCN(C(=O)C4(O)CC4)CC3)cc2)ccc2nccn12. The van der Waals surface area contributed by atoms with Crippen LogP contribution in [0.1, 0.15) is 36.9 Å². The van der Waals surface area contributed by atoms with Crippen LogP contribution >= 0.6 is 0 Å². The van der Waals surface area contributed by atoms with Crippen molar-refractivity contribution in [2.75, 3.05) is 13.1 Å². The zero-order valence-corrected chi connectivity index (χ0v) is 16.8. The molecule has 2 aromatic heterocycles. The third kappa shape index (κ3) is 3.44. The third-order valence-electron chi connectivity index (χ3n) is 6.63.